The van der Waals surface area contributed by atoms with Gasteiger partial charge in [-0.05, 0) is 64.7 Å². The molecule has 7 aromatic carbocycles. The summed E-state index contributed by atoms with van der Waals surface area (Å²) in [5, 5.41) is 2.61. The maximum Gasteiger partial charge on any atom is 0.0618 e. The van der Waals surface area contributed by atoms with E-state index in [9.17, 15) is 0 Å². The highest BCUT2D eigenvalue weighted by atomic mass is 32.1. The molecule has 2 heteroatoms. The van der Waals surface area contributed by atoms with Gasteiger partial charge in [0.2, 0.25) is 0 Å². The summed E-state index contributed by atoms with van der Waals surface area (Å²) >= 11 is 1.86. The average molecular weight is 580 g/mol. The van der Waals surface area contributed by atoms with Gasteiger partial charge in [-0.25, -0.2) is 0 Å². The van der Waals surface area contributed by atoms with Gasteiger partial charge in [-0.1, -0.05) is 133 Å². The first-order valence-electron chi connectivity index (χ1n) is 14.9. The molecule has 0 radical (unpaired) electrons. The van der Waals surface area contributed by atoms with Crippen molar-refractivity contribution in [2.75, 3.05) is 4.90 Å². The molecule has 0 N–H and O–H groups in total. The van der Waals surface area contributed by atoms with Crippen molar-refractivity contribution in [1.29, 1.82) is 0 Å². The first-order chi connectivity index (χ1) is 21.8. The van der Waals surface area contributed by atoms with E-state index in [-0.39, 0.29) is 0 Å². The maximum absolute atomic E-state index is 2.45. The first-order valence-corrected chi connectivity index (χ1v) is 15.8. The van der Waals surface area contributed by atoms with Crippen LogP contribution in [0.15, 0.2) is 176 Å². The Balaban J connectivity index is 1.47. The van der Waals surface area contributed by atoms with Gasteiger partial charge in [-0.3, -0.25) is 0 Å². The third kappa shape index (κ3) is 4.76. The Morgan fingerprint density at radius 1 is 0.341 bits per heavy atom. The van der Waals surface area contributed by atoms with Crippen molar-refractivity contribution in [2.24, 2.45) is 0 Å². The third-order valence-electron chi connectivity index (χ3n) is 8.25. The van der Waals surface area contributed by atoms with Gasteiger partial charge in [0.1, 0.15) is 0 Å². The molecule has 1 aromatic heterocycles. The van der Waals surface area contributed by atoms with E-state index in [1.807, 2.05) is 11.3 Å². The average Bonchev–Trinajstić information content (AvgIpc) is 3.48. The Bertz CT molecular complexity index is 2140. The number of hydrogen-bond acceptors (Lipinski definition) is 2. The molecule has 0 aliphatic heterocycles. The van der Waals surface area contributed by atoms with Gasteiger partial charge < -0.3 is 4.90 Å². The summed E-state index contributed by atoms with van der Waals surface area (Å²) in [5.41, 5.74) is 10.5. The normalized spacial score (nSPS) is 11.2. The highest BCUT2D eigenvalue weighted by molar-refractivity contribution is 7.25. The van der Waals surface area contributed by atoms with Gasteiger partial charge in [-0.15, -0.1) is 11.3 Å². The lowest BCUT2D eigenvalue weighted by molar-refractivity contribution is 1.29. The molecule has 0 aliphatic carbocycles. The zero-order valence-corrected chi connectivity index (χ0v) is 24.9. The van der Waals surface area contributed by atoms with Crippen LogP contribution in [0.25, 0.3) is 53.6 Å². The molecule has 1 heterocycles. The Morgan fingerprint density at radius 3 is 1.45 bits per heavy atom. The molecule has 8 rings (SSSR count). The number of thiophene rings is 1. The Hall–Kier alpha value is -5.44. The zero-order chi connectivity index (χ0) is 29.3. The van der Waals surface area contributed by atoms with E-state index < -0.39 is 0 Å². The SMILES string of the molecule is c1ccc(-c2cc(-c3ccccc3)c(N(c3ccccc3)c3ccc4c(c3)sc3ccccc34)c(-c3ccccc3)c2)cc1. The van der Waals surface area contributed by atoms with E-state index in [2.05, 4.69) is 181 Å². The van der Waals surface area contributed by atoms with Crippen molar-refractivity contribution in [3.05, 3.63) is 176 Å². The summed E-state index contributed by atoms with van der Waals surface area (Å²) in [6, 6.07) is 63.4. The predicted molar refractivity (Wildman–Crippen MR) is 190 cm³/mol. The van der Waals surface area contributed by atoms with Crippen LogP contribution in [0.2, 0.25) is 0 Å². The second-order valence-electron chi connectivity index (χ2n) is 11.0. The largest absolute Gasteiger partial charge is 0.309 e. The predicted octanol–water partition coefficient (Wildman–Crippen LogP) is 12.5. The first kappa shape index (κ1) is 26.2. The highest BCUT2D eigenvalue weighted by Gasteiger charge is 2.24. The van der Waals surface area contributed by atoms with E-state index in [0.717, 1.165) is 17.1 Å². The standard InChI is InChI=1S/C42H29NS/c1-5-15-30(16-6-1)33-27-38(31-17-7-2-8-18-31)42(39(28-33)32-19-9-3-10-20-32)43(34-21-11-4-12-22-34)35-25-26-37-36-23-13-14-24-40(36)44-41(37)29-35/h1-29H. The van der Waals surface area contributed by atoms with Crippen LogP contribution in [-0.2, 0) is 0 Å². The summed E-state index contributed by atoms with van der Waals surface area (Å²) in [4.78, 5) is 2.45. The van der Waals surface area contributed by atoms with Gasteiger partial charge in [-0.2, -0.15) is 0 Å². The third-order valence-corrected chi connectivity index (χ3v) is 9.38. The van der Waals surface area contributed by atoms with Crippen molar-refractivity contribution < 1.29 is 0 Å². The summed E-state index contributed by atoms with van der Waals surface area (Å²) in [5.74, 6) is 0. The molecule has 0 fully saturated rings. The van der Waals surface area contributed by atoms with Crippen LogP contribution in [0.5, 0.6) is 0 Å². The molecule has 0 saturated heterocycles. The van der Waals surface area contributed by atoms with E-state index in [0.29, 0.717) is 0 Å². The number of fused-ring (bicyclic) bond motifs is 3. The van der Waals surface area contributed by atoms with Crippen molar-refractivity contribution >= 4 is 48.6 Å². The summed E-state index contributed by atoms with van der Waals surface area (Å²) < 4.78 is 2.60. The van der Waals surface area contributed by atoms with Crippen molar-refractivity contribution in [1.82, 2.24) is 0 Å². The minimum absolute atomic E-state index is 1.12. The topological polar surface area (TPSA) is 3.24 Å². The smallest absolute Gasteiger partial charge is 0.0618 e. The minimum Gasteiger partial charge on any atom is -0.309 e. The van der Waals surface area contributed by atoms with Gasteiger partial charge in [0, 0.05) is 42.7 Å². The second kappa shape index (κ2) is 11.3. The Morgan fingerprint density at radius 2 is 0.841 bits per heavy atom. The van der Waals surface area contributed by atoms with Gasteiger partial charge >= 0.3 is 0 Å². The Kier molecular flexibility index (Phi) is 6.75. The molecule has 44 heavy (non-hydrogen) atoms. The van der Waals surface area contributed by atoms with Crippen molar-refractivity contribution in [2.45, 2.75) is 0 Å². The van der Waals surface area contributed by atoms with E-state index >= 15 is 0 Å². The second-order valence-corrected chi connectivity index (χ2v) is 12.1. The number of rotatable bonds is 6. The van der Waals surface area contributed by atoms with Crippen LogP contribution < -0.4 is 4.90 Å². The number of benzene rings is 7. The molecule has 0 aliphatic rings. The Labute approximate surface area is 261 Å². The molecule has 1 nitrogen and oxygen atoms in total. The van der Waals surface area contributed by atoms with Gasteiger partial charge in [0.05, 0.1) is 5.69 Å². The zero-order valence-electron chi connectivity index (χ0n) is 24.1. The molecular formula is C42H29NS. The highest BCUT2D eigenvalue weighted by Crippen LogP contribution is 2.49. The van der Waals surface area contributed by atoms with Crippen LogP contribution >= 0.6 is 11.3 Å². The van der Waals surface area contributed by atoms with E-state index in [1.165, 1.54) is 53.6 Å². The molecule has 8 aromatic rings. The molecule has 0 atom stereocenters. The van der Waals surface area contributed by atoms with Crippen molar-refractivity contribution in [3.8, 4) is 33.4 Å². The lowest BCUT2D eigenvalue weighted by atomic mass is 9.90. The van der Waals surface area contributed by atoms with Crippen LogP contribution in [0, 0.1) is 0 Å². The van der Waals surface area contributed by atoms with E-state index in [1.54, 1.807) is 0 Å². The maximum atomic E-state index is 2.45. The quantitative estimate of drug-likeness (QED) is 0.189. The molecule has 0 amide bonds. The molecule has 0 spiro atoms. The van der Waals surface area contributed by atoms with Crippen LogP contribution in [0.1, 0.15) is 0 Å². The number of nitrogens with zero attached hydrogens (tertiary/aromatic N) is 1. The lowest BCUT2D eigenvalue weighted by Gasteiger charge is -2.31. The monoisotopic (exact) mass is 579 g/mol. The van der Waals surface area contributed by atoms with Crippen LogP contribution in [0.3, 0.4) is 0 Å². The van der Waals surface area contributed by atoms with E-state index in [4.69, 9.17) is 0 Å². The van der Waals surface area contributed by atoms with Gasteiger partial charge in [0.25, 0.3) is 0 Å². The fourth-order valence-electron chi connectivity index (χ4n) is 6.19. The summed E-state index contributed by atoms with van der Waals surface area (Å²) in [7, 11) is 0. The molecular weight excluding hydrogens is 551 g/mol. The van der Waals surface area contributed by atoms with Gasteiger partial charge in [0.15, 0.2) is 0 Å². The fourth-order valence-corrected chi connectivity index (χ4v) is 7.33. The summed E-state index contributed by atoms with van der Waals surface area (Å²) in [6.45, 7) is 0. The van der Waals surface area contributed by atoms with Crippen LogP contribution in [-0.4, -0.2) is 0 Å². The molecule has 0 saturated carbocycles. The van der Waals surface area contributed by atoms with Crippen LogP contribution in [0.4, 0.5) is 17.1 Å². The molecule has 0 bridgehead atoms. The number of anilines is 3. The molecule has 0 unspecified atom stereocenters. The lowest BCUT2D eigenvalue weighted by Crippen LogP contribution is -2.13. The minimum atomic E-state index is 1.12. The van der Waals surface area contributed by atoms with Crippen molar-refractivity contribution in [3.63, 3.8) is 0 Å². The number of para-hydroxylation sites is 1. The molecule has 208 valence electrons. The number of hydrogen-bond donors (Lipinski definition) is 0. The fraction of sp³-hybridized carbons (Fsp3) is 0. The summed E-state index contributed by atoms with van der Waals surface area (Å²) in [6.07, 6.45) is 0.